The standard InChI is InChI=1S/C26H29F2N3O4/c1-32-20-10-4-17(5-11-20)14-31(15-18-6-12-21(33-2)13-7-18)26-29-23(19-8-9-19)24(25(30-26)34-3)35-16-22(27)28/h4-7,10-13,19,22H,8-9,14-16H2,1-3H3. The molecule has 0 atom stereocenters. The van der Waals surface area contributed by atoms with E-state index in [1.54, 1.807) is 14.2 Å². The second-order valence-corrected chi connectivity index (χ2v) is 8.28. The first-order chi connectivity index (χ1) is 17.0. The van der Waals surface area contributed by atoms with Gasteiger partial charge in [-0.15, -0.1) is 0 Å². The summed E-state index contributed by atoms with van der Waals surface area (Å²) in [5, 5.41) is 0. The fraction of sp³-hybridized carbons (Fsp3) is 0.385. The zero-order chi connectivity index (χ0) is 24.8. The molecular formula is C26H29F2N3O4. The lowest BCUT2D eigenvalue weighted by atomic mass is 10.1. The van der Waals surface area contributed by atoms with Crippen molar-refractivity contribution in [2.24, 2.45) is 0 Å². The zero-order valence-corrected chi connectivity index (χ0v) is 20.0. The highest BCUT2D eigenvalue weighted by Crippen LogP contribution is 2.46. The number of methoxy groups -OCH3 is 3. The summed E-state index contributed by atoms with van der Waals surface area (Å²) in [6, 6.07) is 15.5. The van der Waals surface area contributed by atoms with Gasteiger partial charge in [-0.3, -0.25) is 0 Å². The molecule has 1 heterocycles. The molecule has 0 spiro atoms. The molecule has 1 saturated carbocycles. The molecule has 0 aliphatic heterocycles. The Morgan fingerprint density at radius 2 is 1.37 bits per heavy atom. The van der Waals surface area contributed by atoms with E-state index in [2.05, 4.69) is 4.98 Å². The lowest BCUT2D eigenvalue weighted by Crippen LogP contribution is -2.25. The second-order valence-electron chi connectivity index (χ2n) is 8.28. The van der Waals surface area contributed by atoms with Crippen LogP contribution in [0, 0.1) is 0 Å². The molecule has 4 rings (SSSR count). The highest BCUT2D eigenvalue weighted by Gasteiger charge is 2.33. The van der Waals surface area contributed by atoms with Gasteiger partial charge in [-0.1, -0.05) is 24.3 Å². The average Bonchev–Trinajstić information content (AvgIpc) is 3.73. The zero-order valence-electron chi connectivity index (χ0n) is 20.0. The SMILES string of the molecule is COc1ccc(CN(Cc2ccc(OC)cc2)c2nc(OC)c(OCC(F)F)c(C3CC3)n2)cc1. The number of rotatable bonds is 12. The summed E-state index contributed by atoms with van der Waals surface area (Å²) in [6.45, 7) is 0.293. The van der Waals surface area contributed by atoms with Gasteiger partial charge in [0.1, 0.15) is 18.1 Å². The first kappa shape index (κ1) is 24.5. The quantitative estimate of drug-likeness (QED) is 0.348. The van der Waals surface area contributed by atoms with Gasteiger partial charge in [-0.05, 0) is 48.2 Å². The minimum absolute atomic E-state index is 0.141. The van der Waals surface area contributed by atoms with E-state index in [4.69, 9.17) is 23.9 Å². The molecule has 0 bridgehead atoms. The fourth-order valence-electron chi connectivity index (χ4n) is 3.73. The van der Waals surface area contributed by atoms with Crippen LogP contribution >= 0.6 is 0 Å². The van der Waals surface area contributed by atoms with Gasteiger partial charge in [0.15, 0.2) is 0 Å². The maximum Gasteiger partial charge on any atom is 0.272 e. The van der Waals surface area contributed by atoms with E-state index >= 15 is 0 Å². The first-order valence-corrected chi connectivity index (χ1v) is 11.4. The summed E-state index contributed by atoms with van der Waals surface area (Å²) >= 11 is 0. The molecule has 0 unspecified atom stereocenters. The molecule has 1 fully saturated rings. The van der Waals surface area contributed by atoms with Crippen molar-refractivity contribution >= 4 is 5.95 Å². The third kappa shape index (κ3) is 6.29. The third-order valence-corrected chi connectivity index (χ3v) is 5.71. The Bertz CT molecular complexity index is 1060. The van der Waals surface area contributed by atoms with E-state index in [1.807, 2.05) is 53.4 Å². The molecule has 2 aromatic carbocycles. The summed E-state index contributed by atoms with van der Waals surface area (Å²) in [4.78, 5) is 11.4. The molecule has 3 aromatic rings. The largest absolute Gasteiger partial charge is 0.497 e. The van der Waals surface area contributed by atoms with Crippen LogP contribution in [-0.4, -0.2) is 44.3 Å². The lowest BCUT2D eigenvalue weighted by Gasteiger charge is -2.25. The minimum Gasteiger partial charge on any atom is -0.497 e. The minimum atomic E-state index is -2.60. The topological polar surface area (TPSA) is 65.9 Å². The van der Waals surface area contributed by atoms with Gasteiger partial charge in [0.05, 0.1) is 27.0 Å². The summed E-state index contributed by atoms with van der Waals surface area (Å²) in [7, 11) is 4.71. The first-order valence-electron chi connectivity index (χ1n) is 11.4. The van der Waals surface area contributed by atoms with Crippen LogP contribution in [0.3, 0.4) is 0 Å². The van der Waals surface area contributed by atoms with E-state index in [0.717, 1.165) is 35.5 Å². The summed E-state index contributed by atoms with van der Waals surface area (Å²) in [5.74, 6) is 2.48. The number of alkyl halides is 2. The predicted molar refractivity (Wildman–Crippen MR) is 128 cm³/mol. The summed E-state index contributed by atoms with van der Waals surface area (Å²) in [5.41, 5.74) is 2.68. The molecule has 0 radical (unpaired) electrons. The smallest absolute Gasteiger partial charge is 0.272 e. The monoisotopic (exact) mass is 485 g/mol. The Balaban J connectivity index is 1.70. The summed E-state index contributed by atoms with van der Waals surface area (Å²) in [6.07, 6.45) is -0.767. The highest BCUT2D eigenvalue weighted by atomic mass is 19.3. The van der Waals surface area contributed by atoms with E-state index in [9.17, 15) is 8.78 Å². The van der Waals surface area contributed by atoms with Gasteiger partial charge in [0.2, 0.25) is 11.7 Å². The van der Waals surface area contributed by atoms with Gasteiger partial charge < -0.3 is 23.8 Å². The van der Waals surface area contributed by atoms with Crippen LogP contribution in [0.25, 0.3) is 0 Å². The molecular weight excluding hydrogens is 456 g/mol. The lowest BCUT2D eigenvalue weighted by molar-refractivity contribution is 0.0792. The van der Waals surface area contributed by atoms with E-state index in [0.29, 0.717) is 24.7 Å². The van der Waals surface area contributed by atoms with Crippen molar-refractivity contribution in [2.45, 2.75) is 38.3 Å². The van der Waals surface area contributed by atoms with Gasteiger partial charge in [-0.2, -0.15) is 4.98 Å². The van der Waals surface area contributed by atoms with Crippen LogP contribution in [0.5, 0.6) is 23.1 Å². The van der Waals surface area contributed by atoms with Crippen molar-refractivity contribution < 1.29 is 27.7 Å². The Morgan fingerprint density at radius 3 is 1.80 bits per heavy atom. The molecule has 186 valence electrons. The number of hydrogen-bond acceptors (Lipinski definition) is 7. The molecule has 0 amide bonds. The molecule has 0 saturated heterocycles. The van der Waals surface area contributed by atoms with Crippen molar-refractivity contribution in [3.8, 4) is 23.1 Å². The number of nitrogens with zero attached hydrogens (tertiary/aromatic N) is 3. The van der Waals surface area contributed by atoms with E-state index in [-0.39, 0.29) is 17.5 Å². The van der Waals surface area contributed by atoms with Crippen LogP contribution in [0.4, 0.5) is 14.7 Å². The predicted octanol–water partition coefficient (Wildman–Crippen LogP) is 5.23. The van der Waals surface area contributed by atoms with Crippen LogP contribution in [0.15, 0.2) is 48.5 Å². The molecule has 9 heteroatoms. The molecule has 1 aliphatic carbocycles. The number of hydrogen-bond donors (Lipinski definition) is 0. The highest BCUT2D eigenvalue weighted by molar-refractivity contribution is 5.48. The number of ether oxygens (including phenoxy) is 4. The van der Waals surface area contributed by atoms with Gasteiger partial charge in [0.25, 0.3) is 12.3 Å². The van der Waals surface area contributed by atoms with Gasteiger partial charge >= 0.3 is 0 Å². The Labute approximate surface area is 203 Å². The third-order valence-electron chi connectivity index (χ3n) is 5.71. The van der Waals surface area contributed by atoms with Crippen molar-refractivity contribution in [3.05, 3.63) is 65.4 Å². The Morgan fingerprint density at radius 1 is 0.829 bits per heavy atom. The van der Waals surface area contributed by atoms with Crippen molar-refractivity contribution in [3.63, 3.8) is 0 Å². The molecule has 1 aromatic heterocycles. The average molecular weight is 486 g/mol. The van der Waals surface area contributed by atoms with Crippen molar-refractivity contribution in [2.75, 3.05) is 32.8 Å². The molecule has 7 nitrogen and oxygen atoms in total. The Kier molecular flexibility index (Phi) is 7.84. The van der Waals surface area contributed by atoms with Gasteiger partial charge in [0, 0.05) is 19.0 Å². The maximum absolute atomic E-state index is 12.9. The fourth-order valence-corrected chi connectivity index (χ4v) is 3.73. The van der Waals surface area contributed by atoms with Gasteiger partial charge in [-0.25, -0.2) is 13.8 Å². The number of anilines is 1. The van der Waals surface area contributed by atoms with Crippen molar-refractivity contribution in [1.29, 1.82) is 0 Å². The normalized spacial score (nSPS) is 13.0. The molecule has 35 heavy (non-hydrogen) atoms. The number of benzene rings is 2. The maximum atomic E-state index is 12.9. The molecule has 1 aliphatic rings. The second kappa shape index (κ2) is 11.2. The Hall–Kier alpha value is -3.62. The van der Waals surface area contributed by atoms with Crippen LogP contribution in [0.1, 0.15) is 35.6 Å². The molecule has 0 N–H and O–H groups in total. The van der Waals surface area contributed by atoms with Crippen LogP contribution in [0.2, 0.25) is 0 Å². The van der Waals surface area contributed by atoms with Crippen LogP contribution < -0.4 is 23.8 Å². The summed E-state index contributed by atoms with van der Waals surface area (Å²) < 4.78 is 47.2. The number of aromatic nitrogens is 2. The van der Waals surface area contributed by atoms with Crippen LogP contribution in [-0.2, 0) is 13.1 Å². The van der Waals surface area contributed by atoms with Crippen molar-refractivity contribution in [1.82, 2.24) is 9.97 Å². The number of halogens is 2. The van der Waals surface area contributed by atoms with E-state index in [1.165, 1.54) is 7.11 Å². The van der Waals surface area contributed by atoms with E-state index < -0.39 is 13.0 Å².